The number of halogens is 3. The largest absolute Gasteiger partial charge is 0.408 e. The summed E-state index contributed by atoms with van der Waals surface area (Å²) in [5.74, 6) is 0.669. The van der Waals surface area contributed by atoms with Crippen LogP contribution in [-0.2, 0) is 0 Å². The molecule has 0 saturated carbocycles. The van der Waals surface area contributed by atoms with Crippen LogP contribution < -0.4 is 10.6 Å². The zero-order chi connectivity index (χ0) is 17.0. The lowest BCUT2D eigenvalue weighted by atomic mass is 9.99. The minimum Gasteiger partial charge on any atom is -0.352 e. The molecule has 0 bridgehead atoms. The molecule has 1 aromatic rings. The van der Waals surface area contributed by atoms with E-state index < -0.39 is 12.2 Å². The Hall–Kier alpha value is -1.86. The molecular weight excluding hydrogens is 307 g/mol. The predicted octanol–water partition coefficient (Wildman–Crippen LogP) is 4.01. The van der Waals surface area contributed by atoms with Gasteiger partial charge in [0.15, 0.2) is 5.82 Å². The summed E-state index contributed by atoms with van der Waals surface area (Å²) in [5, 5.41) is 5.35. The molecule has 0 aromatic carbocycles. The van der Waals surface area contributed by atoms with Crippen LogP contribution in [0.3, 0.4) is 0 Å². The fraction of sp³-hybridized carbons (Fsp3) is 0.667. The molecule has 1 atom stereocenters. The van der Waals surface area contributed by atoms with Crippen LogP contribution in [0.25, 0.3) is 5.57 Å². The van der Waals surface area contributed by atoms with E-state index in [1.165, 1.54) is 0 Å². The van der Waals surface area contributed by atoms with E-state index in [4.69, 9.17) is 0 Å². The van der Waals surface area contributed by atoms with Crippen molar-refractivity contribution < 1.29 is 13.2 Å². The van der Waals surface area contributed by atoms with Crippen molar-refractivity contribution in [3.05, 3.63) is 11.9 Å². The molecule has 128 valence electrons. The highest BCUT2D eigenvalue weighted by molar-refractivity contribution is 5.62. The first-order valence-electron chi connectivity index (χ1n) is 7.81. The third kappa shape index (κ3) is 5.07. The lowest BCUT2D eigenvalue weighted by Crippen LogP contribution is -2.34. The Bertz CT molecular complexity index is 569. The van der Waals surface area contributed by atoms with Gasteiger partial charge in [0.1, 0.15) is 6.04 Å². The lowest BCUT2D eigenvalue weighted by molar-refractivity contribution is -0.138. The first-order chi connectivity index (χ1) is 10.8. The highest BCUT2D eigenvalue weighted by atomic mass is 19.4. The van der Waals surface area contributed by atoms with Gasteiger partial charge in [0.25, 0.3) is 0 Å². The van der Waals surface area contributed by atoms with Crippen LogP contribution in [0.4, 0.5) is 25.1 Å². The summed E-state index contributed by atoms with van der Waals surface area (Å²) in [6.45, 7) is 4.86. The van der Waals surface area contributed by atoms with Gasteiger partial charge < -0.3 is 10.6 Å². The van der Waals surface area contributed by atoms with E-state index >= 15 is 0 Å². The number of hydrogen-bond acceptors (Lipinski definition) is 5. The monoisotopic (exact) mass is 329 g/mol. The molecule has 1 heterocycles. The van der Waals surface area contributed by atoms with Crippen molar-refractivity contribution in [2.45, 2.75) is 64.7 Å². The summed E-state index contributed by atoms with van der Waals surface area (Å²) in [7, 11) is 0. The molecule has 1 aliphatic rings. The summed E-state index contributed by atoms with van der Waals surface area (Å²) in [6.07, 6.45) is 1.61. The topological polar surface area (TPSA) is 62.7 Å². The smallest absolute Gasteiger partial charge is 0.352 e. The van der Waals surface area contributed by atoms with Crippen molar-refractivity contribution in [3.8, 4) is 0 Å². The summed E-state index contributed by atoms with van der Waals surface area (Å²) in [4.78, 5) is 12.6. The van der Waals surface area contributed by atoms with Gasteiger partial charge >= 0.3 is 6.18 Å². The fourth-order valence-electron chi connectivity index (χ4n) is 2.22. The Morgan fingerprint density at radius 3 is 2.17 bits per heavy atom. The molecule has 0 saturated heterocycles. The fourth-order valence-corrected chi connectivity index (χ4v) is 2.22. The van der Waals surface area contributed by atoms with Crippen LogP contribution in [0.15, 0.2) is 6.08 Å². The number of allylic oxidation sites excluding steroid dienone is 2. The van der Waals surface area contributed by atoms with E-state index in [-0.39, 0.29) is 17.9 Å². The van der Waals surface area contributed by atoms with Gasteiger partial charge in [0, 0.05) is 6.04 Å². The Kier molecular flexibility index (Phi) is 5.43. The molecule has 5 nitrogen and oxygen atoms in total. The van der Waals surface area contributed by atoms with Crippen LogP contribution in [0.2, 0.25) is 0 Å². The third-order valence-electron chi connectivity index (χ3n) is 3.47. The highest BCUT2D eigenvalue weighted by Gasteiger charge is 2.36. The number of nitrogens with zero attached hydrogens (tertiary/aromatic N) is 3. The average molecular weight is 329 g/mol. The lowest BCUT2D eigenvalue weighted by Gasteiger charge is -2.19. The first kappa shape index (κ1) is 17.5. The van der Waals surface area contributed by atoms with Crippen molar-refractivity contribution in [2.24, 2.45) is 0 Å². The van der Waals surface area contributed by atoms with Gasteiger partial charge in [-0.25, -0.2) is 0 Å². The van der Waals surface area contributed by atoms with E-state index in [9.17, 15) is 13.2 Å². The van der Waals surface area contributed by atoms with Gasteiger partial charge in [-0.1, -0.05) is 6.08 Å². The van der Waals surface area contributed by atoms with Crippen LogP contribution in [0, 0.1) is 0 Å². The standard InChI is InChI=1S/C15H22F3N5/c1-9(2)19-13-21-12(11-7-5-4-6-8-11)22-14(23-13)20-10(3)15(16,17)18/h7,9-10H,4-6,8H2,1-3H3,(H2,19,20,21,22,23)/t10-/m1/s1. The molecule has 0 amide bonds. The van der Waals surface area contributed by atoms with Crippen molar-refractivity contribution in [2.75, 3.05) is 10.6 Å². The zero-order valence-electron chi connectivity index (χ0n) is 13.5. The third-order valence-corrected chi connectivity index (χ3v) is 3.47. The summed E-state index contributed by atoms with van der Waals surface area (Å²) in [6, 6.07) is -1.66. The van der Waals surface area contributed by atoms with Gasteiger partial charge in [-0.05, 0) is 52.0 Å². The first-order valence-corrected chi connectivity index (χ1v) is 7.81. The maximum absolute atomic E-state index is 12.7. The minimum atomic E-state index is -4.36. The summed E-state index contributed by atoms with van der Waals surface area (Å²) < 4.78 is 38.2. The molecule has 0 unspecified atom stereocenters. The minimum absolute atomic E-state index is 0.0607. The van der Waals surface area contributed by atoms with E-state index in [2.05, 4.69) is 31.7 Å². The van der Waals surface area contributed by atoms with Crippen molar-refractivity contribution in [1.82, 2.24) is 15.0 Å². The summed E-state index contributed by atoms with van der Waals surface area (Å²) >= 11 is 0. The van der Waals surface area contributed by atoms with E-state index in [1.807, 2.05) is 13.8 Å². The Morgan fingerprint density at radius 2 is 1.65 bits per heavy atom. The number of nitrogens with one attached hydrogen (secondary N) is 2. The van der Waals surface area contributed by atoms with E-state index in [0.29, 0.717) is 5.82 Å². The van der Waals surface area contributed by atoms with Crippen molar-refractivity contribution >= 4 is 17.5 Å². The molecule has 2 rings (SSSR count). The molecular formula is C15H22F3N5. The molecule has 0 spiro atoms. The Balaban J connectivity index is 2.31. The Labute approximate surface area is 133 Å². The average Bonchev–Trinajstić information content (AvgIpc) is 2.46. The Morgan fingerprint density at radius 1 is 1.00 bits per heavy atom. The molecule has 0 aliphatic heterocycles. The van der Waals surface area contributed by atoms with Gasteiger partial charge in [-0.15, -0.1) is 0 Å². The molecule has 1 aromatic heterocycles. The molecule has 0 radical (unpaired) electrons. The van der Waals surface area contributed by atoms with Crippen LogP contribution in [-0.4, -0.2) is 33.2 Å². The number of anilines is 2. The SMILES string of the molecule is CC(C)Nc1nc(N[C@H](C)C(F)(F)F)nc(C2=CCCCC2)n1. The van der Waals surface area contributed by atoms with Gasteiger partial charge in [0.2, 0.25) is 11.9 Å². The van der Waals surface area contributed by atoms with E-state index in [1.54, 1.807) is 0 Å². The normalized spacial score (nSPS) is 16.9. The molecule has 2 N–H and O–H groups in total. The molecule has 23 heavy (non-hydrogen) atoms. The van der Waals surface area contributed by atoms with Gasteiger partial charge in [-0.3, -0.25) is 0 Å². The van der Waals surface area contributed by atoms with Crippen LogP contribution in [0.1, 0.15) is 52.3 Å². The number of alkyl halides is 3. The van der Waals surface area contributed by atoms with Gasteiger partial charge in [0.05, 0.1) is 0 Å². The maximum atomic E-state index is 12.7. The second-order valence-electron chi connectivity index (χ2n) is 5.99. The maximum Gasteiger partial charge on any atom is 0.408 e. The number of hydrogen-bond donors (Lipinski definition) is 2. The van der Waals surface area contributed by atoms with E-state index in [0.717, 1.165) is 38.2 Å². The zero-order valence-corrected chi connectivity index (χ0v) is 13.5. The quantitative estimate of drug-likeness (QED) is 0.854. The summed E-state index contributed by atoms with van der Waals surface area (Å²) in [5.41, 5.74) is 0.966. The molecule has 1 aliphatic carbocycles. The number of rotatable bonds is 5. The highest BCUT2D eigenvalue weighted by Crippen LogP contribution is 2.27. The molecule has 8 heteroatoms. The molecule has 0 fully saturated rings. The second-order valence-corrected chi connectivity index (χ2v) is 5.99. The number of aromatic nitrogens is 3. The van der Waals surface area contributed by atoms with Crippen molar-refractivity contribution in [1.29, 1.82) is 0 Å². The van der Waals surface area contributed by atoms with Crippen LogP contribution >= 0.6 is 0 Å². The van der Waals surface area contributed by atoms with Crippen LogP contribution in [0.5, 0.6) is 0 Å². The van der Waals surface area contributed by atoms with Crippen molar-refractivity contribution in [3.63, 3.8) is 0 Å². The van der Waals surface area contributed by atoms with Gasteiger partial charge in [-0.2, -0.15) is 28.1 Å². The second kappa shape index (κ2) is 7.14. The predicted molar refractivity (Wildman–Crippen MR) is 84.2 cm³/mol.